The Bertz CT molecular complexity index is 187. The molecule has 0 spiro atoms. The molecule has 0 aromatic carbocycles. The smallest absolute Gasteiger partial charge is 0.206 e. The van der Waals surface area contributed by atoms with Gasteiger partial charge in [0.25, 0.3) is 0 Å². The summed E-state index contributed by atoms with van der Waals surface area (Å²) >= 11 is 0. The summed E-state index contributed by atoms with van der Waals surface area (Å²) < 4.78 is 0. The molecule has 0 aliphatic heterocycles. The average Bonchev–Trinajstić information content (AvgIpc) is 2.03. The standard InChI is InChI=1S/C8H16N4/c1-6-2-4-7(5-3-6)11-12-8(9)10/h6H,2-5H2,1H3,(H4,9,10,12). The Morgan fingerprint density at radius 1 is 1.58 bits per heavy atom. The number of nitrogens with one attached hydrogen (secondary N) is 2. The van der Waals surface area contributed by atoms with E-state index < -0.39 is 0 Å². The molecule has 0 aromatic heterocycles. The highest BCUT2D eigenvalue weighted by Crippen LogP contribution is 2.20. The summed E-state index contributed by atoms with van der Waals surface area (Å²) in [6, 6.07) is 0. The van der Waals surface area contributed by atoms with Gasteiger partial charge >= 0.3 is 0 Å². The Morgan fingerprint density at radius 3 is 2.67 bits per heavy atom. The molecule has 1 rings (SSSR count). The van der Waals surface area contributed by atoms with Crippen molar-refractivity contribution >= 4 is 11.7 Å². The predicted octanol–water partition coefficient (Wildman–Crippen LogP) is 1.04. The lowest BCUT2D eigenvalue weighted by Gasteiger charge is -2.18. The molecule has 4 N–H and O–H groups in total. The Morgan fingerprint density at radius 2 is 2.17 bits per heavy atom. The quantitative estimate of drug-likeness (QED) is 0.311. The second-order valence-electron chi connectivity index (χ2n) is 3.39. The minimum Gasteiger partial charge on any atom is -0.369 e. The van der Waals surface area contributed by atoms with Crippen LogP contribution in [0.15, 0.2) is 5.10 Å². The van der Waals surface area contributed by atoms with Crippen LogP contribution in [0.2, 0.25) is 0 Å². The van der Waals surface area contributed by atoms with Gasteiger partial charge in [-0.25, -0.2) is 5.43 Å². The second kappa shape index (κ2) is 4.09. The molecule has 0 radical (unpaired) electrons. The summed E-state index contributed by atoms with van der Waals surface area (Å²) in [6.45, 7) is 2.26. The molecule has 68 valence electrons. The fraction of sp³-hybridized carbons (Fsp3) is 0.750. The van der Waals surface area contributed by atoms with E-state index in [9.17, 15) is 0 Å². The number of nitrogens with two attached hydrogens (primary N) is 1. The monoisotopic (exact) mass is 168 g/mol. The average molecular weight is 168 g/mol. The zero-order chi connectivity index (χ0) is 8.97. The maximum atomic E-state index is 6.91. The first-order valence-corrected chi connectivity index (χ1v) is 4.34. The molecule has 0 heterocycles. The van der Waals surface area contributed by atoms with Gasteiger partial charge < -0.3 is 5.73 Å². The molecule has 0 bridgehead atoms. The van der Waals surface area contributed by atoms with E-state index in [1.807, 2.05) is 0 Å². The van der Waals surface area contributed by atoms with Gasteiger partial charge in [0, 0.05) is 5.71 Å². The van der Waals surface area contributed by atoms with Crippen LogP contribution in [-0.2, 0) is 0 Å². The molecule has 0 unspecified atom stereocenters. The maximum absolute atomic E-state index is 6.91. The molecule has 4 nitrogen and oxygen atoms in total. The summed E-state index contributed by atoms with van der Waals surface area (Å²) in [7, 11) is 0. The van der Waals surface area contributed by atoms with Crippen molar-refractivity contribution < 1.29 is 0 Å². The van der Waals surface area contributed by atoms with E-state index in [-0.39, 0.29) is 5.96 Å². The van der Waals surface area contributed by atoms with Gasteiger partial charge in [-0.05, 0) is 31.6 Å². The highest BCUT2D eigenvalue weighted by Gasteiger charge is 2.12. The van der Waals surface area contributed by atoms with Crippen LogP contribution in [0.4, 0.5) is 0 Å². The van der Waals surface area contributed by atoms with Gasteiger partial charge in [0.15, 0.2) is 0 Å². The molecule has 1 saturated carbocycles. The van der Waals surface area contributed by atoms with Gasteiger partial charge in [0.05, 0.1) is 0 Å². The molecule has 0 aromatic rings. The van der Waals surface area contributed by atoms with Gasteiger partial charge in [-0.2, -0.15) is 5.10 Å². The molecule has 1 fully saturated rings. The van der Waals surface area contributed by atoms with E-state index in [0.29, 0.717) is 0 Å². The highest BCUT2D eigenvalue weighted by atomic mass is 15.3. The Hall–Kier alpha value is -1.06. The minimum atomic E-state index is -0.0823. The molecule has 0 saturated heterocycles. The Balaban J connectivity index is 2.33. The summed E-state index contributed by atoms with van der Waals surface area (Å²) in [5.41, 5.74) is 8.72. The molecular weight excluding hydrogens is 152 g/mol. The van der Waals surface area contributed by atoms with Crippen molar-refractivity contribution in [3.05, 3.63) is 0 Å². The lowest BCUT2D eigenvalue weighted by atomic mass is 9.90. The SMILES string of the molecule is CC1CCC(=NNC(=N)N)CC1. The largest absolute Gasteiger partial charge is 0.369 e. The van der Waals surface area contributed by atoms with Crippen LogP contribution in [0.25, 0.3) is 0 Å². The number of rotatable bonds is 1. The summed E-state index contributed by atoms with van der Waals surface area (Å²) in [5.74, 6) is 0.738. The van der Waals surface area contributed by atoms with Gasteiger partial charge in [0.1, 0.15) is 0 Å². The number of hydrogen-bond acceptors (Lipinski definition) is 2. The second-order valence-corrected chi connectivity index (χ2v) is 3.39. The van der Waals surface area contributed by atoms with Gasteiger partial charge in [-0.1, -0.05) is 6.92 Å². The lowest BCUT2D eigenvalue weighted by molar-refractivity contribution is 0.482. The molecule has 0 amide bonds. The highest BCUT2D eigenvalue weighted by molar-refractivity contribution is 5.86. The van der Waals surface area contributed by atoms with Crippen LogP contribution in [-0.4, -0.2) is 11.7 Å². The van der Waals surface area contributed by atoms with E-state index in [0.717, 1.165) is 24.5 Å². The van der Waals surface area contributed by atoms with Crippen molar-refractivity contribution in [2.24, 2.45) is 16.8 Å². The van der Waals surface area contributed by atoms with Crippen LogP contribution >= 0.6 is 0 Å². The van der Waals surface area contributed by atoms with Crippen molar-refractivity contribution in [3.8, 4) is 0 Å². The van der Waals surface area contributed by atoms with E-state index in [2.05, 4.69) is 17.5 Å². The number of hydrazone groups is 1. The van der Waals surface area contributed by atoms with Crippen molar-refractivity contribution in [2.45, 2.75) is 32.6 Å². The molecular formula is C8H16N4. The topological polar surface area (TPSA) is 74.3 Å². The van der Waals surface area contributed by atoms with Crippen molar-refractivity contribution in [1.82, 2.24) is 5.43 Å². The molecule has 1 aliphatic rings. The Labute approximate surface area is 72.7 Å². The van der Waals surface area contributed by atoms with Gasteiger partial charge in [0.2, 0.25) is 5.96 Å². The third kappa shape index (κ3) is 2.90. The van der Waals surface area contributed by atoms with Crippen molar-refractivity contribution in [1.29, 1.82) is 5.41 Å². The zero-order valence-electron chi connectivity index (χ0n) is 7.43. The molecule has 1 aliphatic carbocycles. The predicted molar refractivity (Wildman–Crippen MR) is 50.1 cm³/mol. The summed E-state index contributed by atoms with van der Waals surface area (Å²) in [4.78, 5) is 0. The van der Waals surface area contributed by atoms with Crippen LogP contribution in [0.1, 0.15) is 32.6 Å². The summed E-state index contributed by atoms with van der Waals surface area (Å²) in [6.07, 6.45) is 4.50. The van der Waals surface area contributed by atoms with E-state index >= 15 is 0 Å². The zero-order valence-corrected chi connectivity index (χ0v) is 7.43. The van der Waals surface area contributed by atoms with Crippen molar-refractivity contribution in [3.63, 3.8) is 0 Å². The summed E-state index contributed by atoms with van der Waals surface area (Å²) in [5, 5.41) is 10.9. The number of hydrogen-bond donors (Lipinski definition) is 3. The van der Waals surface area contributed by atoms with E-state index in [1.165, 1.54) is 12.8 Å². The number of nitrogens with zero attached hydrogens (tertiary/aromatic N) is 1. The Kier molecular flexibility index (Phi) is 3.08. The lowest BCUT2D eigenvalue weighted by Crippen LogP contribution is -2.27. The number of guanidine groups is 1. The van der Waals surface area contributed by atoms with Crippen LogP contribution < -0.4 is 11.2 Å². The van der Waals surface area contributed by atoms with Gasteiger partial charge in [-0.3, -0.25) is 5.41 Å². The third-order valence-electron chi connectivity index (χ3n) is 2.19. The normalized spacial score (nSPS) is 23.4. The van der Waals surface area contributed by atoms with Crippen LogP contribution in [0.3, 0.4) is 0 Å². The van der Waals surface area contributed by atoms with Crippen LogP contribution in [0, 0.1) is 11.3 Å². The fourth-order valence-electron chi connectivity index (χ4n) is 1.35. The first-order chi connectivity index (χ1) is 5.68. The molecule has 0 atom stereocenters. The molecule has 12 heavy (non-hydrogen) atoms. The molecule has 4 heteroatoms. The van der Waals surface area contributed by atoms with E-state index in [1.54, 1.807) is 0 Å². The first-order valence-electron chi connectivity index (χ1n) is 4.34. The third-order valence-corrected chi connectivity index (χ3v) is 2.19. The fourth-order valence-corrected chi connectivity index (χ4v) is 1.35. The van der Waals surface area contributed by atoms with E-state index in [4.69, 9.17) is 11.1 Å². The minimum absolute atomic E-state index is 0.0823. The van der Waals surface area contributed by atoms with Crippen LogP contribution in [0.5, 0.6) is 0 Å². The van der Waals surface area contributed by atoms with Gasteiger partial charge in [-0.15, -0.1) is 0 Å². The first kappa shape index (κ1) is 9.03. The maximum Gasteiger partial charge on any atom is 0.206 e. The van der Waals surface area contributed by atoms with Crippen molar-refractivity contribution in [2.75, 3.05) is 0 Å².